The molecule has 0 bridgehead atoms. The van der Waals surface area contributed by atoms with Crippen LogP contribution in [0.3, 0.4) is 0 Å². The molecule has 7 nitrogen and oxygen atoms in total. The Bertz CT molecular complexity index is 419. The monoisotopic (exact) mass is 284 g/mol. The summed E-state index contributed by atoms with van der Waals surface area (Å²) in [5.41, 5.74) is 0. The third-order valence-electron chi connectivity index (χ3n) is 3.81. The fourth-order valence-corrected chi connectivity index (χ4v) is 2.40. The van der Waals surface area contributed by atoms with Crippen LogP contribution in [0.2, 0.25) is 0 Å². The number of carbonyl (C=O) groups excluding carboxylic acids is 2. The smallest absolute Gasteiger partial charge is 0.328 e. The number of nitrogens with zero attached hydrogens (tertiary/aromatic N) is 1. The quantitative estimate of drug-likeness (QED) is 0.591. The van der Waals surface area contributed by atoms with E-state index < -0.39 is 29.9 Å². The SMILES string of the molecule is C[C@@H](O)[C@H](NC(=O)C1CC(=O)N(CC2CC2)C1)C(=O)O. The van der Waals surface area contributed by atoms with Gasteiger partial charge in [0.05, 0.1) is 12.0 Å². The van der Waals surface area contributed by atoms with Crippen LogP contribution in [-0.2, 0) is 14.4 Å². The molecule has 0 spiro atoms. The maximum Gasteiger partial charge on any atom is 0.328 e. The zero-order chi connectivity index (χ0) is 14.9. The molecule has 2 aliphatic rings. The lowest BCUT2D eigenvalue weighted by Gasteiger charge is -2.20. The normalized spacial score (nSPS) is 25.4. The molecule has 1 saturated carbocycles. The maximum absolute atomic E-state index is 12.0. The highest BCUT2D eigenvalue weighted by Crippen LogP contribution is 2.32. The molecule has 0 radical (unpaired) electrons. The van der Waals surface area contributed by atoms with E-state index in [1.807, 2.05) is 0 Å². The number of rotatable bonds is 6. The lowest BCUT2D eigenvalue weighted by Crippen LogP contribution is -2.49. The van der Waals surface area contributed by atoms with Crippen LogP contribution in [0, 0.1) is 11.8 Å². The molecular formula is C13H20N2O5. The van der Waals surface area contributed by atoms with Crippen LogP contribution in [0.4, 0.5) is 0 Å². The predicted octanol–water partition coefficient (Wildman–Crippen LogP) is -0.805. The summed E-state index contributed by atoms with van der Waals surface area (Å²) in [6.07, 6.45) is 1.19. The molecule has 0 aromatic rings. The van der Waals surface area contributed by atoms with Gasteiger partial charge in [-0.3, -0.25) is 9.59 Å². The topological polar surface area (TPSA) is 107 Å². The van der Waals surface area contributed by atoms with E-state index in [0.29, 0.717) is 19.0 Å². The molecule has 1 aliphatic carbocycles. The lowest BCUT2D eigenvalue weighted by molar-refractivity contribution is -0.145. The van der Waals surface area contributed by atoms with E-state index in [1.54, 1.807) is 4.90 Å². The summed E-state index contributed by atoms with van der Waals surface area (Å²) in [5.74, 6) is -1.79. The molecule has 2 rings (SSSR count). The van der Waals surface area contributed by atoms with Crippen LogP contribution in [0.15, 0.2) is 0 Å². The first-order valence-electron chi connectivity index (χ1n) is 6.87. The van der Waals surface area contributed by atoms with E-state index >= 15 is 0 Å². The van der Waals surface area contributed by atoms with Gasteiger partial charge in [0.1, 0.15) is 0 Å². The molecule has 2 amide bonds. The van der Waals surface area contributed by atoms with Crippen molar-refractivity contribution in [3.05, 3.63) is 0 Å². The fraction of sp³-hybridized carbons (Fsp3) is 0.769. The molecule has 20 heavy (non-hydrogen) atoms. The van der Waals surface area contributed by atoms with Crippen LogP contribution in [-0.4, -0.2) is 58.1 Å². The second-order valence-electron chi connectivity index (χ2n) is 5.71. The number of hydrogen-bond donors (Lipinski definition) is 3. The van der Waals surface area contributed by atoms with Crippen LogP contribution in [0.5, 0.6) is 0 Å². The van der Waals surface area contributed by atoms with Gasteiger partial charge in [0.2, 0.25) is 11.8 Å². The number of carboxylic acids is 1. The van der Waals surface area contributed by atoms with E-state index in [4.69, 9.17) is 5.11 Å². The van der Waals surface area contributed by atoms with Crippen molar-refractivity contribution in [2.24, 2.45) is 11.8 Å². The summed E-state index contributed by atoms with van der Waals surface area (Å²) in [6.45, 7) is 2.34. The Morgan fingerprint density at radius 1 is 1.45 bits per heavy atom. The minimum atomic E-state index is -1.34. The van der Waals surface area contributed by atoms with Gasteiger partial charge in [0.25, 0.3) is 0 Å². The summed E-state index contributed by atoms with van der Waals surface area (Å²) in [7, 11) is 0. The molecule has 0 aromatic carbocycles. The molecule has 2 fully saturated rings. The van der Waals surface area contributed by atoms with E-state index in [0.717, 1.165) is 12.8 Å². The number of nitrogens with one attached hydrogen (secondary N) is 1. The fourth-order valence-electron chi connectivity index (χ4n) is 2.40. The Morgan fingerprint density at radius 3 is 2.60 bits per heavy atom. The first-order chi connectivity index (χ1) is 9.38. The highest BCUT2D eigenvalue weighted by atomic mass is 16.4. The van der Waals surface area contributed by atoms with Crippen LogP contribution in [0.25, 0.3) is 0 Å². The van der Waals surface area contributed by atoms with Crippen molar-refractivity contribution < 1.29 is 24.6 Å². The number of hydrogen-bond acceptors (Lipinski definition) is 4. The first kappa shape index (κ1) is 14.8. The number of likely N-dealkylation sites (tertiary alicyclic amines) is 1. The number of aliphatic hydroxyl groups excluding tert-OH is 1. The van der Waals surface area contributed by atoms with Crippen molar-refractivity contribution in [1.29, 1.82) is 0 Å². The Labute approximate surface area is 116 Å². The average Bonchev–Trinajstić information content (AvgIpc) is 3.09. The zero-order valence-corrected chi connectivity index (χ0v) is 11.4. The van der Waals surface area contributed by atoms with Gasteiger partial charge < -0.3 is 20.4 Å². The van der Waals surface area contributed by atoms with E-state index in [1.165, 1.54) is 6.92 Å². The van der Waals surface area contributed by atoms with Gasteiger partial charge in [0.15, 0.2) is 6.04 Å². The third-order valence-corrected chi connectivity index (χ3v) is 3.81. The van der Waals surface area contributed by atoms with Crippen molar-refractivity contribution in [3.8, 4) is 0 Å². The standard InChI is InChI=1S/C13H20N2O5/c1-7(16)11(13(19)20)14-12(18)9-4-10(17)15(6-9)5-8-2-3-8/h7-9,11,16H,2-6H2,1H3,(H,14,18)(H,19,20)/t7-,9?,11+/m1/s1. The molecular weight excluding hydrogens is 264 g/mol. The Hall–Kier alpha value is -1.63. The van der Waals surface area contributed by atoms with Gasteiger partial charge >= 0.3 is 5.97 Å². The van der Waals surface area contributed by atoms with Crippen LogP contribution in [0.1, 0.15) is 26.2 Å². The average molecular weight is 284 g/mol. The van der Waals surface area contributed by atoms with Gasteiger partial charge in [-0.05, 0) is 25.7 Å². The van der Waals surface area contributed by atoms with Crippen molar-refractivity contribution in [2.45, 2.75) is 38.3 Å². The number of carboxylic acid groups (broad SMARTS) is 1. The Balaban J connectivity index is 1.89. The van der Waals surface area contributed by atoms with Crippen LogP contribution < -0.4 is 5.32 Å². The summed E-state index contributed by atoms with van der Waals surface area (Å²) >= 11 is 0. The molecule has 1 heterocycles. The Kier molecular flexibility index (Phi) is 4.27. The highest BCUT2D eigenvalue weighted by molar-refractivity contribution is 5.91. The second kappa shape index (κ2) is 5.78. The third kappa shape index (κ3) is 3.47. The maximum atomic E-state index is 12.0. The van der Waals surface area contributed by atoms with E-state index in [9.17, 15) is 19.5 Å². The molecule has 3 N–H and O–H groups in total. The molecule has 1 saturated heterocycles. The predicted molar refractivity (Wildman–Crippen MR) is 68.7 cm³/mol. The number of amides is 2. The van der Waals surface area contributed by atoms with Crippen molar-refractivity contribution in [1.82, 2.24) is 10.2 Å². The lowest BCUT2D eigenvalue weighted by atomic mass is 10.1. The molecule has 3 atom stereocenters. The minimum absolute atomic E-state index is 0.0547. The first-order valence-corrected chi connectivity index (χ1v) is 6.87. The van der Waals surface area contributed by atoms with E-state index in [2.05, 4.69) is 5.32 Å². The number of carbonyl (C=O) groups is 3. The minimum Gasteiger partial charge on any atom is -0.480 e. The summed E-state index contributed by atoms with van der Waals surface area (Å²) < 4.78 is 0. The van der Waals surface area contributed by atoms with E-state index in [-0.39, 0.29) is 12.3 Å². The number of aliphatic carboxylic acids is 1. The van der Waals surface area contributed by atoms with Gasteiger partial charge in [-0.2, -0.15) is 0 Å². The largest absolute Gasteiger partial charge is 0.480 e. The molecule has 7 heteroatoms. The zero-order valence-electron chi connectivity index (χ0n) is 11.4. The van der Waals surface area contributed by atoms with Crippen molar-refractivity contribution in [2.75, 3.05) is 13.1 Å². The van der Waals surface area contributed by atoms with Gasteiger partial charge in [-0.1, -0.05) is 0 Å². The molecule has 112 valence electrons. The second-order valence-corrected chi connectivity index (χ2v) is 5.71. The van der Waals surface area contributed by atoms with Gasteiger partial charge in [-0.25, -0.2) is 4.79 Å². The van der Waals surface area contributed by atoms with Gasteiger partial charge in [-0.15, -0.1) is 0 Å². The number of aliphatic hydroxyl groups is 1. The summed E-state index contributed by atoms with van der Waals surface area (Å²) in [4.78, 5) is 36.4. The summed E-state index contributed by atoms with van der Waals surface area (Å²) in [6, 6.07) is -1.34. The Morgan fingerprint density at radius 2 is 2.10 bits per heavy atom. The highest BCUT2D eigenvalue weighted by Gasteiger charge is 2.38. The molecule has 0 aromatic heterocycles. The molecule has 1 unspecified atom stereocenters. The van der Waals surface area contributed by atoms with Crippen molar-refractivity contribution in [3.63, 3.8) is 0 Å². The van der Waals surface area contributed by atoms with Crippen LogP contribution >= 0.6 is 0 Å². The van der Waals surface area contributed by atoms with Crippen molar-refractivity contribution >= 4 is 17.8 Å². The molecule has 1 aliphatic heterocycles. The summed E-state index contributed by atoms with van der Waals surface area (Å²) in [5, 5.41) is 20.5. The van der Waals surface area contributed by atoms with Gasteiger partial charge in [0, 0.05) is 19.5 Å².